The number of nitrogens with zero attached hydrogens (tertiary/aromatic N) is 1. The Hall–Kier alpha value is -2.59. The molecule has 1 aromatic heterocycles. The van der Waals surface area contributed by atoms with Gasteiger partial charge in [0.1, 0.15) is 17.0 Å². The smallest absolute Gasteiger partial charge is 0.169 e. The maximum atomic E-state index is 12.1. The van der Waals surface area contributed by atoms with Crippen molar-refractivity contribution in [1.82, 2.24) is 5.16 Å². The van der Waals surface area contributed by atoms with Crippen molar-refractivity contribution in [3.05, 3.63) is 71.0 Å². The van der Waals surface area contributed by atoms with Gasteiger partial charge in [-0.2, -0.15) is 0 Å². The molecule has 0 bridgehead atoms. The number of fused-ring (bicyclic) bond motifs is 5. The molecule has 33 heavy (non-hydrogen) atoms. The van der Waals surface area contributed by atoms with E-state index in [0.717, 1.165) is 49.1 Å². The monoisotopic (exact) mass is 443 g/mol. The van der Waals surface area contributed by atoms with Crippen molar-refractivity contribution in [3.63, 3.8) is 0 Å². The van der Waals surface area contributed by atoms with Gasteiger partial charge in [0.05, 0.1) is 7.11 Å². The Kier molecular flexibility index (Phi) is 4.74. The van der Waals surface area contributed by atoms with E-state index < -0.39 is 5.60 Å². The molecular formula is C29H33NO3. The van der Waals surface area contributed by atoms with E-state index in [-0.39, 0.29) is 5.41 Å². The molecule has 2 saturated carbocycles. The maximum Gasteiger partial charge on any atom is 0.169 e. The molecule has 172 valence electrons. The minimum atomic E-state index is -0.960. The number of hydrogen-bond acceptors (Lipinski definition) is 4. The summed E-state index contributed by atoms with van der Waals surface area (Å²) in [6.07, 6.45) is 6.18. The van der Waals surface area contributed by atoms with Crippen LogP contribution in [0.15, 0.2) is 53.1 Å². The van der Waals surface area contributed by atoms with Crippen molar-refractivity contribution < 1.29 is 14.4 Å². The summed E-state index contributed by atoms with van der Waals surface area (Å²) in [7, 11) is 1.74. The Bertz CT molecular complexity index is 1200. The lowest BCUT2D eigenvalue weighted by Crippen LogP contribution is -2.49. The Labute approximate surface area is 196 Å². The highest BCUT2D eigenvalue weighted by Crippen LogP contribution is 2.67. The summed E-state index contributed by atoms with van der Waals surface area (Å²) in [5.74, 6) is 3.28. The number of benzene rings is 2. The zero-order chi connectivity index (χ0) is 22.8. The SMILES string of the molecule is COc1ccc2c(c1)CC[C@@H]1[C@@H]2CC[C@@]2(C)[C@H]1CC[C@@]2(O)c1cc(-c2cccc(C)c2)no1. The lowest BCUT2D eigenvalue weighted by atomic mass is 9.53. The second-order valence-corrected chi connectivity index (χ2v) is 10.8. The van der Waals surface area contributed by atoms with Gasteiger partial charge in [-0.25, -0.2) is 0 Å². The van der Waals surface area contributed by atoms with Gasteiger partial charge in [-0.1, -0.05) is 41.9 Å². The van der Waals surface area contributed by atoms with Crippen LogP contribution in [0.2, 0.25) is 0 Å². The minimum Gasteiger partial charge on any atom is -0.497 e. The molecule has 3 aromatic rings. The van der Waals surface area contributed by atoms with Gasteiger partial charge in [0, 0.05) is 17.0 Å². The highest BCUT2D eigenvalue weighted by Gasteiger charge is 2.63. The van der Waals surface area contributed by atoms with Gasteiger partial charge < -0.3 is 14.4 Å². The van der Waals surface area contributed by atoms with Crippen LogP contribution >= 0.6 is 0 Å². The van der Waals surface area contributed by atoms with Gasteiger partial charge in [-0.15, -0.1) is 0 Å². The van der Waals surface area contributed by atoms with Crippen LogP contribution in [0.3, 0.4) is 0 Å². The fraction of sp³-hybridized carbons (Fsp3) is 0.483. The zero-order valence-corrected chi connectivity index (χ0v) is 19.8. The number of aromatic nitrogens is 1. The highest BCUT2D eigenvalue weighted by atomic mass is 16.5. The van der Waals surface area contributed by atoms with Gasteiger partial charge in [-0.3, -0.25) is 0 Å². The first kappa shape index (κ1) is 21.0. The molecule has 0 radical (unpaired) electrons. The highest BCUT2D eigenvalue weighted by molar-refractivity contribution is 5.60. The van der Waals surface area contributed by atoms with Crippen molar-refractivity contribution in [2.75, 3.05) is 7.11 Å². The second-order valence-electron chi connectivity index (χ2n) is 10.8. The summed E-state index contributed by atoms with van der Waals surface area (Å²) in [4.78, 5) is 0. The lowest BCUT2D eigenvalue weighted by molar-refractivity contribution is -0.122. The van der Waals surface area contributed by atoms with Crippen molar-refractivity contribution in [3.8, 4) is 17.0 Å². The summed E-state index contributed by atoms with van der Waals surface area (Å²) in [5.41, 5.74) is 4.84. The lowest BCUT2D eigenvalue weighted by Gasteiger charge is -2.52. The van der Waals surface area contributed by atoms with Crippen molar-refractivity contribution in [2.45, 2.75) is 63.9 Å². The number of aryl methyl sites for hydroxylation is 2. The third kappa shape index (κ3) is 3.03. The average molecular weight is 444 g/mol. The fourth-order valence-corrected chi connectivity index (χ4v) is 7.52. The van der Waals surface area contributed by atoms with E-state index in [1.54, 1.807) is 7.11 Å². The minimum absolute atomic E-state index is 0.193. The second kappa shape index (κ2) is 7.46. The molecule has 0 spiro atoms. The van der Waals surface area contributed by atoms with E-state index in [2.05, 4.69) is 55.4 Å². The van der Waals surface area contributed by atoms with E-state index in [4.69, 9.17) is 9.26 Å². The van der Waals surface area contributed by atoms with Crippen LogP contribution in [0, 0.1) is 24.2 Å². The third-order valence-electron chi connectivity index (χ3n) is 9.32. The molecule has 3 aliphatic rings. The Morgan fingerprint density at radius 3 is 2.76 bits per heavy atom. The molecule has 0 aliphatic heterocycles. The molecule has 0 amide bonds. The van der Waals surface area contributed by atoms with Crippen molar-refractivity contribution in [1.29, 1.82) is 0 Å². The summed E-state index contributed by atoms with van der Waals surface area (Å²) in [6.45, 7) is 4.39. The normalized spacial score (nSPS) is 32.7. The number of hydrogen-bond donors (Lipinski definition) is 1. The van der Waals surface area contributed by atoms with E-state index >= 15 is 0 Å². The molecule has 4 heteroatoms. The predicted octanol–water partition coefficient (Wildman–Crippen LogP) is 6.40. The Morgan fingerprint density at radius 1 is 1.06 bits per heavy atom. The van der Waals surface area contributed by atoms with Gasteiger partial charge >= 0.3 is 0 Å². The van der Waals surface area contributed by atoms with E-state index in [0.29, 0.717) is 23.5 Å². The molecule has 1 heterocycles. The van der Waals surface area contributed by atoms with Crippen LogP contribution in [0.5, 0.6) is 5.75 Å². The summed E-state index contributed by atoms with van der Waals surface area (Å²) < 4.78 is 11.3. The van der Waals surface area contributed by atoms with E-state index in [9.17, 15) is 5.11 Å². The molecule has 4 nitrogen and oxygen atoms in total. The number of methoxy groups -OCH3 is 1. The molecule has 6 rings (SSSR count). The molecule has 1 N–H and O–H groups in total. The van der Waals surface area contributed by atoms with Crippen LogP contribution in [-0.2, 0) is 12.0 Å². The van der Waals surface area contributed by atoms with Crippen LogP contribution in [0.1, 0.15) is 67.4 Å². The summed E-state index contributed by atoms with van der Waals surface area (Å²) in [6, 6.07) is 16.9. The van der Waals surface area contributed by atoms with Gasteiger partial charge in [-0.05, 0) is 92.5 Å². The van der Waals surface area contributed by atoms with Crippen LogP contribution in [-0.4, -0.2) is 17.4 Å². The van der Waals surface area contributed by atoms with Crippen LogP contribution in [0.4, 0.5) is 0 Å². The quantitative estimate of drug-likeness (QED) is 0.509. The fourth-order valence-electron chi connectivity index (χ4n) is 7.52. The van der Waals surface area contributed by atoms with E-state index in [1.807, 2.05) is 12.1 Å². The zero-order valence-electron chi connectivity index (χ0n) is 19.8. The van der Waals surface area contributed by atoms with Gasteiger partial charge in [0.25, 0.3) is 0 Å². The maximum absolute atomic E-state index is 12.1. The first-order valence-corrected chi connectivity index (χ1v) is 12.4. The molecule has 5 atom stereocenters. The molecule has 2 aromatic carbocycles. The predicted molar refractivity (Wildman–Crippen MR) is 128 cm³/mol. The van der Waals surface area contributed by atoms with Crippen LogP contribution < -0.4 is 4.74 Å². The summed E-state index contributed by atoms with van der Waals surface area (Å²) >= 11 is 0. The Balaban J connectivity index is 1.32. The number of aliphatic hydroxyl groups is 1. The van der Waals surface area contributed by atoms with Gasteiger partial charge in [0.15, 0.2) is 5.76 Å². The van der Waals surface area contributed by atoms with Crippen molar-refractivity contribution >= 4 is 0 Å². The third-order valence-corrected chi connectivity index (χ3v) is 9.32. The van der Waals surface area contributed by atoms with Crippen LogP contribution in [0.25, 0.3) is 11.3 Å². The molecule has 2 fully saturated rings. The summed E-state index contributed by atoms with van der Waals surface area (Å²) in [5, 5.41) is 16.5. The van der Waals surface area contributed by atoms with Gasteiger partial charge in [0.2, 0.25) is 0 Å². The average Bonchev–Trinajstić information content (AvgIpc) is 3.43. The molecule has 0 saturated heterocycles. The number of rotatable bonds is 3. The topological polar surface area (TPSA) is 55.5 Å². The first-order valence-electron chi connectivity index (χ1n) is 12.4. The largest absolute Gasteiger partial charge is 0.497 e. The van der Waals surface area contributed by atoms with Crippen molar-refractivity contribution in [2.24, 2.45) is 17.3 Å². The first-order chi connectivity index (χ1) is 15.9. The molecule has 0 unspecified atom stereocenters. The molecular weight excluding hydrogens is 410 g/mol. The van der Waals surface area contributed by atoms with E-state index in [1.165, 1.54) is 23.1 Å². The Morgan fingerprint density at radius 2 is 1.94 bits per heavy atom. The number of ether oxygens (including phenoxy) is 1. The standard InChI is InChI=1S/C29H33NO3/c1-18-5-4-6-20(15-18)26-17-27(33-30-26)29(31)14-12-25-24-9-7-19-16-21(32-3)8-10-22(19)23(24)11-13-28(25,29)2/h4-6,8,10,15-17,23-25,31H,7,9,11-14H2,1-3H3/t23-,24-,25+,28+,29-/m1/s1. The molecule has 3 aliphatic carbocycles.